The number of nitrogens with one attached hydrogen (secondary N) is 1. The molecule has 0 fully saturated rings. The lowest BCUT2D eigenvalue weighted by Crippen LogP contribution is -2.34. The van der Waals surface area contributed by atoms with Gasteiger partial charge in [-0.2, -0.15) is 13.9 Å². The molecule has 146 valence electrons. The fraction of sp³-hybridized carbons (Fsp3) is 0.133. The Labute approximate surface area is 149 Å². The molecule has 2 N–H and O–H groups in total. The summed E-state index contributed by atoms with van der Waals surface area (Å²) in [5, 5.41) is 10.7. The summed E-state index contributed by atoms with van der Waals surface area (Å²) < 4.78 is 89.5. The van der Waals surface area contributed by atoms with Gasteiger partial charge in [0.05, 0.1) is 0 Å². The fourth-order valence-corrected chi connectivity index (χ4v) is 3.30. The van der Waals surface area contributed by atoms with E-state index in [1.165, 1.54) is 30.3 Å². The highest BCUT2D eigenvalue weighted by molar-refractivity contribution is 7.52. The van der Waals surface area contributed by atoms with Crippen molar-refractivity contribution in [2.75, 3.05) is 0 Å². The summed E-state index contributed by atoms with van der Waals surface area (Å²) in [6.07, 6.45) is 0. The Morgan fingerprint density at radius 2 is 1.44 bits per heavy atom. The highest BCUT2D eigenvalue weighted by Crippen LogP contribution is 2.47. The van der Waals surface area contributed by atoms with Gasteiger partial charge in [0.15, 0.2) is 0 Å². The first-order valence-electron chi connectivity index (χ1n) is 7.12. The van der Waals surface area contributed by atoms with Crippen LogP contribution in [0.15, 0.2) is 30.3 Å². The number of benzene rings is 2. The molecule has 2 aromatic rings. The van der Waals surface area contributed by atoms with E-state index in [1.807, 2.05) is 5.09 Å². The monoisotopic (exact) mass is 411 g/mol. The Hall–Kier alpha value is -2.65. The average Bonchev–Trinajstić information content (AvgIpc) is 2.62. The van der Waals surface area contributed by atoms with E-state index in [9.17, 15) is 31.3 Å². The van der Waals surface area contributed by atoms with Crippen molar-refractivity contribution >= 4 is 13.7 Å². The zero-order valence-corrected chi connectivity index (χ0v) is 14.3. The van der Waals surface area contributed by atoms with E-state index in [0.717, 1.165) is 6.92 Å². The molecule has 0 saturated heterocycles. The van der Waals surface area contributed by atoms with Gasteiger partial charge in [0, 0.05) is 0 Å². The first kappa shape index (κ1) is 20.7. The summed E-state index contributed by atoms with van der Waals surface area (Å²) in [4.78, 5) is 11.0. The quantitative estimate of drug-likeness (QED) is 0.310. The number of halogens is 5. The maximum absolute atomic E-state index is 13.8. The zero-order chi connectivity index (χ0) is 20.4. The molecule has 0 radical (unpaired) electrons. The number of hydrogen-bond donors (Lipinski definition) is 2. The van der Waals surface area contributed by atoms with Crippen LogP contribution in [-0.4, -0.2) is 17.1 Å². The minimum atomic E-state index is -4.95. The smallest absolute Gasteiger partial charge is 0.480 e. The zero-order valence-electron chi connectivity index (χ0n) is 13.4. The van der Waals surface area contributed by atoms with Gasteiger partial charge in [-0.25, -0.2) is 17.7 Å². The molecular weight excluding hydrogens is 400 g/mol. The van der Waals surface area contributed by atoms with Crippen molar-refractivity contribution in [3.05, 3.63) is 59.4 Å². The van der Waals surface area contributed by atoms with Crippen LogP contribution in [0.3, 0.4) is 0 Å². The van der Waals surface area contributed by atoms with Gasteiger partial charge >= 0.3 is 13.7 Å². The maximum atomic E-state index is 13.8. The predicted octanol–water partition coefficient (Wildman–Crippen LogP) is 4.01. The molecule has 6 nitrogen and oxygen atoms in total. The topological polar surface area (TPSA) is 84.9 Å². The Balaban J connectivity index is 2.49. The van der Waals surface area contributed by atoms with Crippen LogP contribution in [-0.2, 0) is 9.36 Å². The molecule has 0 saturated carbocycles. The summed E-state index contributed by atoms with van der Waals surface area (Å²) in [5.74, 6) is -15.5. The molecule has 27 heavy (non-hydrogen) atoms. The van der Waals surface area contributed by atoms with Crippen LogP contribution in [0.4, 0.5) is 22.0 Å². The third-order valence-electron chi connectivity index (χ3n) is 3.07. The van der Waals surface area contributed by atoms with Crippen molar-refractivity contribution in [3.8, 4) is 11.5 Å². The third-order valence-corrected chi connectivity index (χ3v) is 4.65. The van der Waals surface area contributed by atoms with Gasteiger partial charge in [0.25, 0.3) is 0 Å². The van der Waals surface area contributed by atoms with Crippen LogP contribution in [0.2, 0.25) is 0 Å². The van der Waals surface area contributed by atoms with E-state index in [-0.39, 0.29) is 5.75 Å². The number of rotatable bonds is 7. The molecule has 0 aliphatic heterocycles. The van der Waals surface area contributed by atoms with Crippen LogP contribution in [0.5, 0.6) is 11.5 Å². The van der Waals surface area contributed by atoms with Gasteiger partial charge < -0.3 is 14.2 Å². The molecule has 2 rings (SSSR count). The summed E-state index contributed by atoms with van der Waals surface area (Å²) in [6.45, 7) is 0.991. The van der Waals surface area contributed by atoms with E-state index in [4.69, 9.17) is 9.63 Å². The van der Waals surface area contributed by atoms with E-state index < -0.39 is 54.6 Å². The van der Waals surface area contributed by atoms with E-state index >= 15 is 0 Å². The summed E-state index contributed by atoms with van der Waals surface area (Å²) >= 11 is 0. The lowest BCUT2D eigenvalue weighted by Gasteiger charge is -2.22. The Morgan fingerprint density at radius 1 is 0.963 bits per heavy atom. The maximum Gasteiger partial charge on any atom is 0.513 e. The number of carboxylic acid groups (broad SMARTS) is 1. The van der Waals surface area contributed by atoms with Crippen molar-refractivity contribution in [1.29, 1.82) is 0 Å². The number of hydrogen-bond acceptors (Lipinski definition) is 4. The molecule has 0 aromatic heterocycles. The van der Waals surface area contributed by atoms with Crippen LogP contribution in [0.1, 0.15) is 6.92 Å². The molecule has 2 atom stereocenters. The number of carboxylic acids is 1. The highest BCUT2D eigenvalue weighted by Gasteiger charge is 2.37. The standard InChI is InChI=1S/C15H11F5NO5P/c1-7(15(22)23)21-27(24,25-8-5-3-2-4-6-8)26-14-12(19)10(17)9(16)11(18)13(14)20/h2-7H,1H3,(H,21,24)(H,22,23)/t7-,27-/m0/s1. The van der Waals surface area contributed by atoms with Gasteiger partial charge in [0.1, 0.15) is 11.8 Å². The largest absolute Gasteiger partial charge is 0.513 e. The SMILES string of the molecule is C[C@H](N[P@](=O)(Oc1ccccc1)Oc1c(F)c(F)c(F)c(F)c1F)C(=O)O. The van der Waals surface area contributed by atoms with Crippen LogP contribution in [0, 0.1) is 29.1 Å². The number of aliphatic carboxylic acids is 1. The number of para-hydroxylation sites is 1. The first-order chi connectivity index (χ1) is 12.6. The number of carbonyl (C=O) groups is 1. The second-order valence-electron chi connectivity index (χ2n) is 5.08. The second-order valence-corrected chi connectivity index (χ2v) is 6.70. The molecule has 2 aromatic carbocycles. The van der Waals surface area contributed by atoms with Crippen molar-refractivity contribution < 1.29 is 45.5 Å². The highest BCUT2D eigenvalue weighted by atomic mass is 31.2. The molecule has 0 spiro atoms. The molecule has 0 bridgehead atoms. The average molecular weight is 411 g/mol. The predicted molar refractivity (Wildman–Crippen MR) is 81.8 cm³/mol. The van der Waals surface area contributed by atoms with Crippen molar-refractivity contribution in [2.24, 2.45) is 0 Å². The first-order valence-corrected chi connectivity index (χ1v) is 8.66. The minimum absolute atomic E-state index is 0.185. The fourth-order valence-electron chi connectivity index (χ4n) is 1.77. The van der Waals surface area contributed by atoms with Crippen molar-refractivity contribution in [1.82, 2.24) is 5.09 Å². The summed E-state index contributed by atoms with van der Waals surface area (Å²) in [6, 6.07) is 5.22. The molecular formula is C15H11F5NO5P. The van der Waals surface area contributed by atoms with Gasteiger partial charge in [-0.05, 0) is 19.1 Å². The second kappa shape index (κ2) is 7.93. The van der Waals surface area contributed by atoms with Crippen molar-refractivity contribution in [3.63, 3.8) is 0 Å². The van der Waals surface area contributed by atoms with Crippen LogP contribution >= 0.6 is 7.75 Å². The molecule has 0 aliphatic rings. The Morgan fingerprint density at radius 3 is 1.93 bits per heavy atom. The molecule has 0 unspecified atom stereocenters. The third kappa shape index (κ3) is 4.55. The van der Waals surface area contributed by atoms with E-state index in [2.05, 4.69) is 4.52 Å². The molecule has 0 aliphatic carbocycles. The summed E-state index contributed by atoms with van der Waals surface area (Å²) in [7, 11) is -4.95. The van der Waals surface area contributed by atoms with E-state index in [0.29, 0.717) is 0 Å². The minimum Gasteiger partial charge on any atom is -0.480 e. The van der Waals surface area contributed by atoms with Gasteiger partial charge in [0.2, 0.25) is 34.8 Å². The Kier molecular flexibility index (Phi) is 6.07. The van der Waals surface area contributed by atoms with Crippen molar-refractivity contribution in [2.45, 2.75) is 13.0 Å². The molecule has 12 heteroatoms. The van der Waals surface area contributed by atoms with Gasteiger partial charge in [-0.1, -0.05) is 18.2 Å². The summed E-state index contributed by atoms with van der Waals surface area (Å²) in [5.41, 5.74) is 0. The molecule has 0 heterocycles. The van der Waals surface area contributed by atoms with Crippen LogP contribution in [0.25, 0.3) is 0 Å². The lowest BCUT2D eigenvalue weighted by molar-refractivity contribution is -0.138. The van der Waals surface area contributed by atoms with E-state index in [1.54, 1.807) is 0 Å². The van der Waals surface area contributed by atoms with Crippen LogP contribution < -0.4 is 14.1 Å². The van der Waals surface area contributed by atoms with Gasteiger partial charge in [-0.15, -0.1) is 0 Å². The normalized spacial score (nSPS) is 14.3. The lowest BCUT2D eigenvalue weighted by atomic mass is 10.3. The Bertz CT molecular complexity index is 882. The van der Waals surface area contributed by atoms with Gasteiger partial charge in [-0.3, -0.25) is 4.79 Å². The molecule has 0 amide bonds.